The van der Waals surface area contributed by atoms with Crippen LogP contribution in [0, 0.1) is 17.8 Å². The number of hydrogen-bond acceptors (Lipinski definition) is 1. The van der Waals surface area contributed by atoms with Crippen molar-refractivity contribution in [1.29, 1.82) is 0 Å². The van der Waals surface area contributed by atoms with E-state index in [4.69, 9.17) is 5.11 Å². The Hall–Kier alpha value is -0.480. The summed E-state index contributed by atoms with van der Waals surface area (Å²) in [6.07, 6.45) is 2.45. The standard InChI is InChI=1S/C8H12O/c1-8(2,9)6-5-7-3-4-7/h7,9H,3-4H2,1-2H3. The van der Waals surface area contributed by atoms with E-state index >= 15 is 0 Å². The summed E-state index contributed by atoms with van der Waals surface area (Å²) in [5.41, 5.74) is -0.789. The Morgan fingerprint density at radius 3 is 2.33 bits per heavy atom. The topological polar surface area (TPSA) is 20.2 Å². The second-order valence-corrected chi connectivity index (χ2v) is 3.10. The van der Waals surface area contributed by atoms with Crippen molar-refractivity contribution in [3.63, 3.8) is 0 Å². The second-order valence-electron chi connectivity index (χ2n) is 3.10. The minimum atomic E-state index is -0.789. The molecule has 0 aromatic carbocycles. The van der Waals surface area contributed by atoms with Crippen LogP contribution in [0.15, 0.2) is 0 Å². The number of hydrogen-bond donors (Lipinski definition) is 1. The van der Waals surface area contributed by atoms with Gasteiger partial charge in [0.25, 0.3) is 0 Å². The minimum absolute atomic E-state index is 0.594. The van der Waals surface area contributed by atoms with Crippen molar-refractivity contribution < 1.29 is 5.11 Å². The fraction of sp³-hybridized carbons (Fsp3) is 0.750. The van der Waals surface area contributed by atoms with Gasteiger partial charge in [-0.05, 0) is 26.7 Å². The van der Waals surface area contributed by atoms with E-state index in [9.17, 15) is 0 Å². The van der Waals surface area contributed by atoms with E-state index in [1.165, 1.54) is 12.8 Å². The fourth-order valence-corrected chi connectivity index (χ4v) is 0.506. The van der Waals surface area contributed by atoms with Crippen molar-refractivity contribution in [1.82, 2.24) is 0 Å². The van der Waals surface area contributed by atoms with Crippen LogP contribution in [0.4, 0.5) is 0 Å². The highest BCUT2D eigenvalue weighted by Gasteiger charge is 2.18. The van der Waals surface area contributed by atoms with Crippen molar-refractivity contribution in [2.45, 2.75) is 32.3 Å². The van der Waals surface area contributed by atoms with Crippen LogP contribution >= 0.6 is 0 Å². The summed E-state index contributed by atoms with van der Waals surface area (Å²) in [6, 6.07) is 0. The summed E-state index contributed by atoms with van der Waals surface area (Å²) in [5.74, 6) is 6.38. The molecule has 0 aromatic heterocycles. The molecule has 1 saturated carbocycles. The quantitative estimate of drug-likeness (QED) is 0.481. The SMILES string of the molecule is CC(C)(O)C#CC1CC1. The molecule has 0 amide bonds. The van der Waals surface area contributed by atoms with Gasteiger partial charge < -0.3 is 5.11 Å². The third-order valence-electron chi connectivity index (χ3n) is 1.16. The lowest BCUT2D eigenvalue weighted by atomic mass is 10.1. The lowest BCUT2D eigenvalue weighted by Crippen LogP contribution is -2.14. The molecule has 1 heteroatoms. The lowest BCUT2D eigenvalue weighted by Gasteiger charge is -2.05. The van der Waals surface area contributed by atoms with Crippen LogP contribution in [0.2, 0.25) is 0 Å². The Kier molecular flexibility index (Phi) is 1.50. The molecule has 9 heavy (non-hydrogen) atoms. The summed E-state index contributed by atoms with van der Waals surface area (Å²) in [6.45, 7) is 3.42. The molecule has 0 aromatic rings. The number of rotatable bonds is 0. The highest BCUT2D eigenvalue weighted by atomic mass is 16.3. The van der Waals surface area contributed by atoms with Gasteiger partial charge in [0.05, 0.1) is 0 Å². The Morgan fingerprint density at radius 2 is 2.00 bits per heavy atom. The first-order chi connectivity index (χ1) is 4.08. The molecule has 0 unspecified atom stereocenters. The molecule has 50 valence electrons. The van der Waals surface area contributed by atoms with Crippen LogP contribution in [0.3, 0.4) is 0 Å². The normalized spacial score (nSPS) is 18.6. The lowest BCUT2D eigenvalue weighted by molar-refractivity contribution is 0.143. The Balaban J connectivity index is 2.39. The third-order valence-corrected chi connectivity index (χ3v) is 1.16. The average molecular weight is 124 g/mol. The predicted octanol–water partition coefficient (Wildman–Crippen LogP) is 1.17. The molecule has 0 spiro atoms. The van der Waals surface area contributed by atoms with E-state index < -0.39 is 5.60 Å². The predicted molar refractivity (Wildman–Crippen MR) is 36.8 cm³/mol. The maximum atomic E-state index is 9.12. The largest absolute Gasteiger partial charge is 0.378 e. The van der Waals surface area contributed by atoms with Crippen LogP contribution < -0.4 is 0 Å². The molecule has 1 aliphatic carbocycles. The molecular formula is C8H12O. The van der Waals surface area contributed by atoms with Gasteiger partial charge in [-0.3, -0.25) is 0 Å². The summed E-state index contributed by atoms with van der Waals surface area (Å²) in [5, 5.41) is 9.12. The first kappa shape index (κ1) is 6.64. The minimum Gasteiger partial charge on any atom is -0.378 e. The van der Waals surface area contributed by atoms with E-state index in [-0.39, 0.29) is 0 Å². The summed E-state index contributed by atoms with van der Waals surface area (Å²) in [7, 11) is 0. The maximum Gasteiger partial charge on any atom is 0.119 e. The zero-order valence-corrected chi connectivity index (χ0v) is 5.94. The van der Waals surface area contributed by atoms with Gasteiger partial charge in [0.15, 0.2) is 0 Å². The van der Waals surface area contributed by atoms with Gasteiger partial charge in [0.1, 0.15) is 5.60 Å². The molecule has 1 N–H and O–H groups in total. The van der Waals surface area contributed by atoms with Gasteiger partial charge in [-0.25, -0.2) is 0 Å². The summed E-state index contributed by atoms with van der Waals surface area (Å²) in [4.78, 5) is 0. The van der Waals surface area contributed by atoms with Gasteiger partial charge in [-0.15, -0.1) is 0 Å². The first-order valence-corrected chi connectivity index (χ1v) is 3.33. The Labute approximate surface area is 56.1 Å². The molecular weight excluding hydrogens is 112 g/mol. The molecule has 1 aliphatic rings. The van der Waals surface area contributed by atoms with Crippen molar-refractivity contribution in [2.24, 2.45) is 5.92 Å². The third kappa shape index (κ3) is 3.16. The zero-order chi connectivity index (χ0) is 6.91. The highest BCUT2D eigenvalue weighted by molar-refractivity contribution is 5.15. The summed E-state index contributed by atoms with van der Waals surface area (Å²) < 4.78 is 0. The molecule has 0 atom stereocenters. The van der Waals surface area contributed by atoms with E-state index in [0.29, 0.717) is 5.92 Å². The Bertz CT molecular complexity index is 150. The zero-order valence-electron chi connectivity index (χ0n) is 5.94. The van der Waals surface area contributed by atoms with E-state index in [0.717, 1.165) is 0 Å². The van der Waals surface area contributed by atoms with Crippen molar-refractivity contribution in [3.8, 4) is 11.8 Å². The maximum absolute atomic E-state index is 9.12. The molecule has 1 nitrogen and oxygen atoms in total. The van der Waals surface area contributed by atoms with Crippen LogP contribution in [-0.4, -0.2) is 10.7 Å². The molecule has 1 rings (SSSR count). The van der Waals surface area contributed by atoms with Crippen molar-refractivity contribution in [2.75, 3.05) is 0 Å². The van der Waals surface area contributed by atoms with Crippen LogP contribution in [0.1, 0.15) is 26.7 Å². The second kappa shape index (κ2) is 2.04. The van der Waals surface area contributed by atoms with E-state index in [1.807, 2.05) is 0 Å². The van der Waals surface area contributed by atoms with Crippen LogP contribution in [0.5, 0.6) is 0 Å². The summed E-state index contributed by atoms with van der Waals surface area (Å²) >= 11 is 0. The molecule has 0 aliphatic heterocycles. The first-order valence-electron chi connectivity index (χ1n) is 3.33. The highest BCUT2D eigenvalue weighted by Crippen LogP contribution is 2.27. The average Bonchev–Trinajstić information content (AvgIpc) is 2.38. The van der Waals surface area contributed by atoms with Gasteiger partial charge in [0, 0.05) is 5.92 Å². The van der Waals surface area contributed by atoms with Gasteiger partial charge in [-0.1, -0.05) is 11.8 Å². The van der Waals surface area contributed by atoms with Gasteiger partial charge in [0.2, 0.25) is 0 Å². The fourth-order valence-electron chi connectivity index (χ4n) is 0.506. The molecule has 1 fully saturated rings. The Morgan fingerprint density at radius 1 is 1.44 bits per heavy atom. The van der Waals surface area contributed by atoms with Gasteiger partial charge in [-0.2, -0.15) is 0 Å². The van der Waals surface area contributed by atoms with Crippen molar-refractivity contribution >= 4 is 0 Å². The van der Waals surface area contributed by atoms with Gasteiger partial charge >= 0.3 is 0 Å². The molecule has 0 bridgehead atoms. The van der Waals surface area contributed by atoms with Crippen molar-refractivity contribution in [3.05, 3.63) is 0 Å². The van der Waals surface area contributed by atoms with E-state index in [2.05, 4.69) is 11.8 Å². The van der Waals surface area contributed by atoms with Crippen LogP contribution in [-0.2, 0) is 0 Å². The monoisotopic (exact) mass is 124 g/mol. The molecule has 0 saturated heterocycles. The molecule has 0 radical (unpaired) electrons. The van der Waals surface area contributed by atoms with Crippen LogP contribution in [0.25, 0.3) is 0 Å². The number of aliphatic hydroxyl groups is 1. The molecule has 0 heterocycles. The van der Waals surface area contributed by atoms with E-state index in [1.54, 1.807) is 13.8 Å². The smallest absolute Gasteiger partial charge is 0.119 e.